The van der Waals surface area contributed by atoms with E-state index in [2.05, 4.69) is 17.5 Å². The summed E-state index contributed by atoms with van der Waals surface area (Å²) in [4.78, 5) is 25.9. The number of amides is 2. The van der Waals surface area contributed by atoms with E-state index in [9.17, 15) is 22.8 Å². The summed E-state index contributed by atoms with van der Waals surface area (Å²) in [6, 6.07) is 4.53. The van der Waals surface area contributed by atoms with Gasteiger partial charge in [-0.3, -0.25) is 9.69 Å². The number of rotatable bonds is 6. The number of thiocarbonyl (C=S) groups is 1. The zero-order chi connectivity index (χ0) is 21.6. The number of alkyl halides is 2. The van der Waals surface area contributed by atoms with Crippen molar-refractivity contribution in [3.8, 4) is 0 Å². The number of likely N-dealkylation sites (tertiary alicyclic amines) is 1. The Balaban J connectivity index is 1.37. The molecule has 1 saturated carbocycles. The van der Waals surface area contributed by atoms with Crippen LogP contribution in [0.25, 0.3) is 0 Å². The fraction of sp³-hybridized carbons (Fsp3) is 0.526. The van der Waals surface area contributed by atoms with Crippen molar-refractivity contribution in [2.24, 2.45) is 11.8 Å². The fourth-order valence-corrected chi connectivity index (χ4v) is 4.46. The molecule has 30 heavy (non-hydrogen) atoms. The van der Waals surface area contributed by atoms with Gasteiger partial charge in [0.2, 0.25) is 5.91 Å². The van der Waals surface area contributed by atoms with Crippen molar-refractivity contribution in [3.05, 3.63) is 29.6 Å². The van der Waals surface area contributed by atoms with Gasteiger partial charge in [0, 0.05) is 13.1 Å². The molecule has 2 heterocycles. The lowest BCUT2D eigenvalue weighted by atomic mass is 10.0. The Morgan fingerprint density at radius 2 is 2.00 bits per heavy atom. The number of carbonyl (C=O) groups excluding carboxylic acids is 2. The van der Waals surface area contributed by atoms with Gasteiger partial charge in [-0.05, 0) is 35.4 Å². The zero-order valence-corrected chi connectivity index (χ0v) is 16.6. The van der Waals surface area contributed by atoms with Gasteiger partial charge < -0.3 is 20.1 Å². The number of aliphatic hydroxyl groups is 1. The molecule has 0 aromatic heterocycles. The van der Waals surface area contributed by atoms with Gasteiger partial charge in [-0.2, -0.15) is 0 Å². The molecule has 11 heteroatoms. The number of hydrogen-bond acceptors (Lipinski definition) is 5. The predicted molar refractivity (Wildman–Crippen MR) is 104 cm³/mol. The van der Waals surface area contributed by atoms with Crippen molar-refractivity contribution in [2.75, 3.05) is 37.7 Å². The van der Waals surface area contributed by atoms with Crippen LogP contribution in [0, 0.1) is 17.7 Å². The van der Waals surface area contributed by atoms with Crippen molar-refractivity contribution in [3.63, 3.8) is 0 Å². The molecule has 1 aliphatic carbocycles. The van der Waals surface area contributed by atoms with Crippen LogP contribution in [-0.2, 0) is 9.53 Å². The number of halogens is 3. The smallest absolute Gasteiger partial charge is 0.414 e. The number of fused-ring (bicyclic) bond motifs is 1. The molecule has 0 bridgehead atoms. The van der Waals surface area contributed by atoms with Crippen molar-refractivity contribution < 1.29 is 32.6 Å². The summed E-state index contributed by atoms with van der Waals surface area (Å²) >= 11 is 4.49. The molecule has 0 radical (unpaired) electrons. The summed E-state index contributed by atoms with van der Waals surface area (Å²) in [5, 5.41) is 11.3. The van der Waals surface area contributed by atoms with Gasteiger partial charge >= 0.3 is 6.09 Å². The van der Waals surface area contributed by atoms with Gasteiger partial charge in [0.25, 0.3) is 6.43 Å². The molecule has 3 aliphatic rings. The van der Waals surface area contributed by atoms with Crippen molar-refractivity contribution in [2.45, 2.75) is 18.4 Å². The number of anilines is 1. The molecule has 162 valence electrons. The molecule has 2 N–H and O–H groups in total. The maximum absolute atomic E-state index is 14.8. The van der Waals surface area contributed by atoms with Gasteiger partial charge in [-0.25, -0.2) is 18.0 Å². The second kappa shape index (κ2) is 8.03. The number of benzene rings is 1. The molecule has 4 rings (SSSR count). The van der Waals surface area contributed by atoms with Gasteiger partial charge in [-0.1, -0.05) is 18.3 Å². The van der Waals surface area contributed by atoms with E-state index in [4.69, 9.17) is 9.84 Å². The Hall–Kier alpha value is -2.40. The maximum atomic E-state index is 14.8. The minimum Gasteiger partial charge on any atom is -0.442 e. The van der Waals surface area contributed by atoms with Crippen LogP contribution >= 0.6 is 12.2 Å². The lowest BCUT2D eigenvalue weighted by molar-refractivity contribution is -0.133. The Bertz CT molecular complexity index is 875. The number of carbonyl (C=O) groups is 2. The van der Waals surface area contributed by atoms with E-state index in [-0.39, 0.29) is 36.8 Å². The number of nitrogens with one attached hydrogen (secondary N) is 1. The average Bonchev–Trinajstić information content (AvgIpc) is 3.04. The van der Waals surface area contributed by atoms with Crippen LogP contribution in [0.2, 0.25) is 0 Å². The SMILES string of the molecule is O=C(CO)N1C[C@@H]2[C@H](C1)[C@H]2c1ccc(N2C[C@H](CNC(=S)C(F)F)OC2=O)cc1F. The quantitative estimate of drug-likeness (QED) is 0.649. The first kappa shape index (κ1) is 20.9. The third-order valence-electron chi connectivity index (χ3n) is 5.91. The van der Waals surface area contributed by atoms with Gasteiger partial charge in [0.15, 0.2) is 0 Å². The van der Waals surface area contributed by atoms with E-state index < -0.39 is 36.0 Å². The molecular weight excluding hydrogens is 423 g/mol. The van der Waals surface area contributed by atoms with Gasteiger partial charge in [0.1, 0.15) is 23.5 Å². The third kappa shape index (κ3) is 3.83. The Morgan fingerprint density at radius 3 is 2.60 bits per heavy atom. The number of piperidine rings is 1. The first-order valence-electron chi connectivity index (χ1n) is 9.52. The number of cyclic esters (lactones) is 1. The molecule has 0 unspecified atom stereocenters. The Kier molecular flexibility index (Phi) is 5.58. The third-order valence-corrected chi connectivity index (χ3v) is 6.24. The number of hydrogen-bond donors (Lipinski definition) is 2. The van der Waals surface area contributed by atoms with Crippen LogP contribution in [0.3, 0.4) is 0 Å². The van der Waals surface area contributed by atoms with E-state index in [1.807, 2.05) is 0 Å². The molecule has 1 aromatic carbocycles. The van der Waals surface area contributed by atoms with Crippen LogP contribution in [0.5, 0.6) is 0 Å². The van der Waals surface area contributed by atoms with E-state index in [1.165, 1.54) is 11.0 Å². The molecule has 4 atom stereocenters. The van der Waals surface area contributed by atoms with Gasteiger partial charge in [0.05, 0.1) is 18.8 Å². The molecule has 1 aromatic rings. The molecule has 3 fully saturated rings. The highest BCUT2D eigenvalue weighted by Gasteiger charge is 2.57. The molecule has 2 aliphatic heterocycles. The zero-order valence-electron chi connectivity index (χ0n) is 15.8. The maximum Gasteiger partial charge on any atom is 0.414 e. The Morgan fingerprint density at radius 1 is 1.30 bits per heavy atom. The predicted octanol–water partition coefficient (Wildman–Crippen LogP) is 1.50. The van der Waals surface area contributed by atoms with Crippen LogP contribution in [0.4, 0.5) is 23.7 Å². The summed E-state index contributed by atoms with van der Waals surface area (Å²) in [6.07, 6.45) is -4.15. The second-order valence-electron chi connectivity index (χ2n) is 7.68. The summed E-state index contributed by atoms with van der Waals surface area (Å²) < 4.78 is 44.8. The first-order valence-corrected chi connectivity index (χ1v) is 9.93. The lowest BCUT2D eigenvalue weighted by Gasteiger charge is -2.19. The molecule has 0 spiro atoms. The minimum absolute atomic E-state index is 0.0135. The molecule has 2 amide bonds. The summed E-state index contributed by atoms with van der Waals surface area (Å²) in [6.45, 7) is 0.514. The van der Waals surface area contributed by atoms with Crippen LogP contribution < -0.4 is 10.2 Å². The van der Waals surface area contributed by atoms with Crippen molar-refractivity contribution >= 4 is 34.9 Å². The van der Waals surface area contributed by atoms with E-state index in [0.29, 0.717) is 24.3 Å². The van der Waals surface area contributed by atoms with Crippen LogP contribution in [0.15, 0.2) is 18.2 Å². The molecular formula is C19H20F3N3O4S. The fourth-order valence-electron chi connectivity index (χ4n) is 4.38. The Labute approximate surface area is 175 Å². The lowest BCUT2D eigenvalue weighted by Crippen LogP contribution is -2.36. The van der Waals surface area contributed by atoms with Crippen molar-refractivity contribution in [1.29, 1.82) is 0 Å². The monoisotopic (exact) mass is 443 g/mol. The highest BCUT2D eigenvalue weighted by atomic mass is 32.1. The van der Waals surface area contributed by atoms with E-state index in [1.54, 1.807) is 17.0 Å². The topological polar surface area (TPSA) is 82.1 Å². The molecule has 2 saturated heterocycles. The number of ether oxygens (including phenoxy) is 1. The average molecular weight is 443 g/mol. The standard InChI is InChI=1S/C19H20F3N3O4S/c20-14-3-9(25-5-10(29-19(25)28)4-23-18(30)17(21)22)1-2-11(14)16-12-6-24(7-13(12)16)15(27)8-26/h1-3,10,12-13,16-17,26H,4-8H2,(H,23,30)/t10-,12-,13+,16+/m0/s1. The van der Waals surface area contributed by atoms with Crippen LogP contribution in [0.1, 0.15) is 11.5 Å². The van der Waals surface area contributed by atoms with Crippen LogP contribution in [-0.4, -0.2) is 72.3 Å². The highest BCUT2D eigenvalue weighted by Crippen LogP contribution is 2.58. The minimum atomic E-state index is -2.79. The van der Waals surface area contributed by atoms with Gasteiger partial charge in [-0.15, -0.1) is 0 Å². The second-order valence-corrected chi connectivity index (χ2v) is 8.12. The highest BCUT2D eigenvalue weighted by molar-refractivity contribution is 7.80. The summed E-state index contributed by atoms with van der Waals surface area (Å²) in [5.41, 5.74) is 0.862. The van der Waals surface area contributed by atoms with Crippen molar-refractivity contribution in [1.82, 2.24) is 10.2 Å². The molecule has 7 nitrogen and oxygen atoms in total. The number of aliphatic hydroxyl groups excluding tert-OH is 1. The van der Waals surface area contributed by atoms with E-state index >= 15 is 0 Å². The largest absolute Gasteiger partial charge is 0.442 e. The first-order chi connectivity index (χ1) is 14.3. The summed E-state index contributed by atoms with van der Waals surface area (Å²) in [5.74, 6) is -0.402. The van der Waals surface area contributed by atoms with E-state index in [0.717, 1.165) is 0 Å². The normalized spacial score (nSPS) is 27.3. The summed E-state index contributed by atoms with van der Waals surface area (Å²) in [7, 11) is 0. The number of nitrogens with zero attached hydrogens (tertiary/aromatic N) is 2.